The molecule has 4 heteroatoms. The SMILES string of the molecule is CC1CCCC1Cn1c(CO)nc2cc(N)ccc21. The van der Waals surface area contributed by atoms with Crippen LogP contribution in [0.5, 0.6) is 0 Å². The van der Waals surface area contributed by atoms with Crippen LogP contribution in [0.15, 0.2) is 18.2 Å². The number of imidazole rings is 1. The summed E-state index contributed by atoms with van der Waals surface area (Å²) in [5, 5.41) is 9.51. The second-order valence-electron chi connectivity index (χ2n) is 5.71. The number of fused-ring (bicyclic) bond motifs is 1. The van der Waals surface area contributed by atoms with E-state index in [2.05, 4.69) is 16.5 Å². The zero-order chi connectivity index (χ0) is 13.4. The fourth-order valence-corrected chi connectivity index (χ4v) is 3.25. The van der Waals surface area contributed by atoms with Crippen LogP contribution in [0.4, 0.5) is 5.69 Å². The minimum absolute atomic E-state index is 0.0182. The zero-order valence-electron chi connectivity index (χ0n) is 11.3. The maximum absolute atomic E-state index is 9.51. The summed E-state index contributed by atoms with van der Waals surface area (Å²) in [6, 6.07) is 5.79. The molecule has 1 fully saturated rings. The number of anilines is 1. The van der Waals surface area contributed by atoms with E-state index >= 15 is 0 Å². The predicted molar refractivity (Wildman–Crippen MR) is 76.6 cm³/mol. The average molecular weight is 259 g/mol. The van der Waals surface area contributed by atoms with E-state index in [4.69, 9.17) is 5.73 Å². The molecule has 0 aliphatic heterocycles. The molecule has 1 heterocycles. The molecule has 1 aromatic carbocycles. The smallest absolute Gasteiger partial charge is 0.135 e. The van der Waals surface area contributed by atoms with Gasteiger partial charge >= 0.3 is 0 Å². The second-order valence-corrected chi connectivity index (χ2v) is 5.71. The molecule has 1 aliphatic rings. The van der Waals surface area contributed by atoms with Gasteiger partial charge in [0.1, 0.15) is 12.4 Å². The third-order valence-corrected chi connectivity index (χ3v) is 4.45. The van der Waals surface area contributed by atoms with Crippen LogP contribution in [0.25, 0.3) is 11.0 Å². The number of nitrogens with zero attached hydrogens (tertiary/aromatic N) is 2. The van der Waals surface area contributed by atoms with E-state index in [0.29, 0.717) is 5.92 Å². The van der Waals surface area contributed by atoms with Crippen LogP contribution in [0.2, 0.25) is 0 Å². The Morgan fingerprint density at radius 1 is 1.42 bits per heavy atom. The van der Waals surface area contributed by atoms with Crippen molar-refractivity contribution in [3.05, 3.63) is 24.0 Å². The van der Waals surface area contributed by atoms with Gasteiger partial charge in [-0.25, -0.2) is 4.98 Å². The van der Waals surface area contributed by atoms with E-state index in [1.54, 1.807) is 0 Å². The van der Waals surface area contributed by atoms with E-state index in [1.807, 2.05) is 18.2 Å². The number of rotatable bonds is 3. The first-order chi connectivity index (χ1) is 9.19. The van der Waals surface area contributed by atoms with Crippen molar-refractivity contribution >= 4 is 16.7 Å². The van der Waals surface area contributed by atoms with Gasteiger partial charge in [-0.2, -0.15) is 0 Å². The summed E-state index contributed by atoms with van der Waals surface area (Å²) in [5.74, 6) is 2.21. The van der Waals surface area contributed by atoms with Gasteiger partial charge in [-0.1, -0.05) is 19.8 Å². The van der Waals surface area contributed by atoms with E-state index in [0.717, 1.165) is 35.0 Å². The molecule has 1 saturated carbocycles. The minimum Gasteiger partial charge on any atom is -0.399 e. The highest BCUT2D eigenvalue weighted by Crippen LogP contribution is 2.33. The first-order valence-electron chi connectivity index (χ1n) is 7.04. The Balaban J connectivity index is 2.00. The van der Waals surface area contributed by atoms with Gasteiger partial charge in [0, 0.05) is 12.2 Å². The van der Waals surface area contributed by atoms with Gasteiger partial charge in [-0.3, -0.25) is 0 Å². The van der Waals surface area contributed by atoms with Crippen molar-refractivity contribution < 1.29 is 5.11 Å². The molecule has 102 valence electrons. The van der Waals surface area contributed by atoms with Crippen molar-refractivity contribution in [3.8, 4) is 0 Å². The quantitative estimate of drug-likeness (QED) is 0.833. The van der Waals surface area contributed by atoms with Crippen molar-refractivity contribution in [1.82, 2.24) is 9.55 Å². The number of aliphatic hydroxyl groups excluding tert-OH is 1. The lowest BCUT2D eigenvalue weighted by Crippen LogP contribution is -2.15. The van der Waals surface area contributed by atoms with Gasteiger partial charge in [0.25, 0.3) is 0 Å². The fraction of sp³-hybridized carbons (Fsp3) is 0.533. The molecule has 2 atom stereocenters. The number of aliphatic hydroxyl groups is 1. The van der Waals surface area contributed by atoms with Crippen LogP contribution < -0.4 is 5.73 Å². The molecule has 3 N–H and O–H groups in total. The van der Waals surface area contributed by atoms with Crippen molar-refractivity contribution in [2.45, 2.75) is 39.3 Å². The van der Waals surface area contributed by atoms with Gasteiger partial charge < -0.3 is 15.4 Å². The Bertz CT molecular complexity index is 590. The molecular weight excluding hydrogens is 238 g/mol. The molecule has 0 spiro atoms. The highest BCUT2D eigenvalue weighted by molar-refractivity contribution is 5.79. The number of benzene rings is 1. The van der Waals surface area contributed by atoms with Crippen LogP contribution in [-0.4, -0.2) is 14.7 Å². The molecule has 3 rings (SSSR count). The van der Waals surface area contributed by atoms with Crippen molar-refractivity contribution in [3.63, 3.8) is 0 Å². The standard InChI is InChI=1S/C15H21N3O/c1-10-3-2-4-11(10)8-18-14-6-5-12(16)7-13(14)17-15(18)9-19/h5-7,10-11,19H,2-4,8-9,16H2,1H3. The predicted octanol–water partition coefficient (Wildman–Crippen LogP) is 2.55. The topological polar surface area (TPSA) is 64.1 Å². The molecule has 2 aromatic rings. The van der Waals surface area contributed by atoms with Gasteiger partial charge in [0.05, 0.1) is 11.0 Å². The van der Waals surface area contributed by atoms with Gasteiger partial charge in [-0.05, 0) is 36.5 Å². The third kappa shape index (κ3) is 2.21. The summed E-state index contributed by atoms with van der Waals surface area (Å²) in [6.07, 6.45) is 3.92. The number of hydrogen-bond donors (Lipinski definition) is 2. The van der Waals surface area contributed by atoms with E-state index in [9.17, 15) is 5.11 Å². The zero-order valence-corrected chi connectivity index (χ0v) is 11.3. The van der Waals surface area contributed by atoms with Crippen LogP contribution in [0.1, 0.15) is 32.0 Å². The molecular formula is C15H21N3O. The maximum atomic E-state index is 9.51. The van der Waals surface area contributed by atoms with Crippen molar-refractivity contribution in [1.29, 1.82) is 0 Å². The summed E-state index contributed by atoms with van der Waals surface area (Å²) in [5.41, 5.74) is 8.48. The number of nitrogen functional groups attached to an aromatic ring is 1. The van der Waals surface area contributed by atoms with E-state index < -0.39 is 0 Å². The molecule has 0 saturated heterocycles. The first kappa shape index (κ1) is 12.5. The molecule has 1 aromatic heterocycles. The summed E-state index contributed by atoms with van der Waals surface area (Å²) >= 11 is 0. The number of nitrogens with two attached hydrogens (primary N) is 1. The fourth-order valence-electron chi connectivity index (χ4n) is 3.25. The first-order valence-corrected chi connectivity index (χ1v) is 7.04. The number of hydrogen-bond acceptors (Lipinski definition) is 3. The van der Waals surface area contributed by atoms with E-state index in [-0.39, 0.29) is 6.61 Å². The summed E-state index contributed by atoms with van der Waals surface area (Å²) in [4.78, 5) is 4.49. The highest BCUT2D eigenvalue weighted by atomic mass is 16.3. The summed E-state index contributed by atoms with van der Waals surface area (Å²) in [6.45, 7) is 3.26. The lowest BCUT2D eigenvalue weighted by Gasteiger charge is -2.18. The largest absolute Gasteiger partial charge is 0.399 e. The molecule has 0 bridgehead atoms. The summed E-state index contributed by atoms with van der Waals surface area (Å²) in [7, 11) is 0. The lowest BCUT2D eigenvalue weighted by molar-refractivity contribution is 0.259. The maximum Gasteiger partial charge on any atom is 0.135 e. The normalized spacial score (nSPS) is 23.3. The Hall–Kier alpha value is -1.55. The molecule has 4 nitrogen and oxygen atoms in total. The van der Waals surface area contributed by atoms with E-state index in [1.165, 1.54) is 19.3 Å². The molecule has 1 aliphatic carbocycles. The van der Waals surface area contributed by atoms with Gasteiger partial charge in [0.2, 0.25) is 0 Å². The monoisotopic (exact) mass is 259 g/mol. The van der Waals surface area contributed by atoms with Crippen molar-refractivity contribution in [2.24, 2.45) is 11.8 Å². The van der Waals surface area contributed by atoms with Crippen LogP contribution in [0.3, 0.4) is 0 Å². The van der Waals surface area contributed by atoms with Crippen molar-refractivity contribution in [2.75, 3.05) is 5.73 Å². The average Bonchev–Trinajstić information content (AvgIpc) is 2.94. The molecule has 2 unspecified atom stereocenters. The number of aromatic nitrogens is 2. The van der Waals surface area contributed by atoms with Crippen LogP contribution in [-0.2, 0) is 13.2 Å². The lowest BCUT2D eigenvalue weighted by atomic mass is 9.98. The Labute approximate surface area is 113 Å². The second kappa shape index (κ2) is 4.85. The third-order valence-electron chi connectivity index (χ3n) is 4.45. The van der Waals surface area contributed by atoms with Crippen LogP contribution in [0, 0.1) is 11.8 Å². The highest BCUT2D eigenvalue weighted by Gasteiger charge is 2.25. The van der Waals surface area contributed by atoms with Gasteiger partial charge in [-0.15, -0.1) is 0 Å². The Morgan fingerprint density at radius 2 is 2.26 bits per heavy atom. The summed E-state index contributed by atoms with van der Waals surface area (Å²) < 4.78 is 2.17. The molecule has 19 heavy (non-hydrogen) atoms. The van der Waals surface area contributed by atoms with Crippen LogP contribution >= 0.6 is 0 Å². The minimum atomic E-state index is -0.0182. The molecule has 0 radical (unpaired) electrons. The Kier molecular flexibility index (Phi) is 3.19. The molecule has 0 amide bonds. The van der Waals surface area contributed by atoms with Gasteiger partial charge in [0.15, 0.2) is 0 Å². The Morgan fingerprint density at radius 3 is 2.95 bits per heavy atom.